The summed E-state index contributed by atoms with van der Waals surface area (Å²) in [6.45, 7) is 0.444. The lowest BCUT2D eigenvalue weighted by atomic mass is 10.1. The Morgan fingerprint density at radius 2 is 1.86 bits per heavy atom. The maximum atomic E-state index is 9.39. The molecule has 0 saturated carbocycles. The summed E-state index contributed by atoms with van der Waals surface area (Å²) in [6.07, 6.45) is 3.13. The highest BCUT2D eigenvalue weighted by atomic mass is 79.9. The molecular formula is C9H10Br2O3. The molecule has 14 heavy (non-hydrogen) atoms. The quantitative estimate of drug-likeness (QED) is 0.721. The highest BCUT2D eigenvalue weighted by Crippen LogP contribution is 2.34. The Hall–Kier alpha value is -0.680. The van der Waals surface area contributed by atoms with Crippen LogP contribution in [-0.2, 0) is 11.3 Å². The molecule has 0 fully saturated rings. The van der Waals surface area contributed by atoms with Gasteiger partial charge in [0, 0.05) is 11.1 Å². The van der Waals surface area contributed by atoms with Gasteiger partial charge in [-0.15, -0.1) is 34.0 Å². The predicted molar refractivity (Wildman–Crippen MR) is 64.2 cm³/mol. The van der Waals surface area contributed by atoms with Crippen LogP contribution in [-0.4, -0.2) is 10.2 Å². The Morgan fingerprint density at radius 1 is 1.14 bits per heavy atom. The van der Waals surface area contributed by atoms with Gasteiger partial charge < -0.3 is 14.9 Å². The minimum absolute atomic E-state index is 0. The molecule has 0 saturated heterocycles. The van der Waals surface area contributed by atoms with Gasteiger partial charge in [0.2, 0.25) is 0 Å². The molecule has 78 valence electrons. The number of ether oxygens (including phenoxy) is 1. The normalized spacial score (nSPS) is 11.7. The first-order chi connectivity index (χ1) is 5.79. The summed E-state index contributed by atoms with van der Waals surface area (Å²) in [7, 11) is 0. The van der Waals surface area contributed by atoms with Gasteiger partial charge in [0.15, 0.2) is 11.5 Å². The van der Waals surface area contributed by atoms with Crippen LogP contribution < -0.4 is 0 Å². The third-order valence-corrected chi connectivity index (χ3v) is 1.86. The van der Waals surface area contributed by atoms with Crippen molar-refractivity contribution in [3.63, 3.8) is 0 Å². The number of benzene rings is 1. The number of hydrogen-bond donors (Lipinski definition) is 2. The molecule has 0 atom stereocenters. The van der Waals surface area contributed by atoms with Crippen molar-refractivity contribution in [2.45, 2.75) is 6.61 Å². The van der Waals surface area contributed by atoms with E-state index in [0.717, 1.165) is 5.56 Å². The Bertz CT molecular complexity index is 350. The summed E-state index contributed by atoms with van der Waals surface area (Å²) in [5, 5.41) is 18.5. The fourth-order valence-electron chi connectivity index (χ4n) is 1.20. The first-order valence-corrected chi connectivity index (χ1v) is 3.61. The van der Waals surface area contributed by atoms with Crippen molar-refractivity contribution >= 4 is 40.0 Å². The van der Waals surface area contributed by atoms with Crippen molar-refractivity contribution in [1.82, 2.24) is 0 Å². The number of phenolic OH excluding ortho intramolecular Hbond substituents is 2. The van der Waals surface area contributed by atoms with E-state index in [4.69, 9.17) is 9.84 Å². The lowest BCUT2D eigenvalue weighted by Gasteiger charge is -2.12. The fourth-order valence-corrected chi connectivity index (χ4v) is 1.20. The van der Waals surface area contributed by atoms with Crippen molar-refractivity contribution < 1.29 is 14.9 Å². The van der Waals surface area contributed by atoms with Crippen molar-refractivity contribution in [1.29, 1.82) is 0 Å². The molecule has 0 aromatic heterocycles. The summed E-state index contributed by atoms with van der Waals surface area (Å²) in [5.41, 5.74) is 1.52. The highest BCUT2D eigenvalue weighted by Gasteiger charge is 2.12. The maximum absolute atomic E-state index is 9.39. The van der Waals surface area contributed by atoms with Gasteiger partial charge in [0.05, 0.1) is 6.26 Å². The van der Waals surface area contributed by atoms with Crippen LogP contribution >= 0.6 is 34.0 Å². The number of rotatable bonds is 0. The molecule has 3 nitrogen and oxygen atoms in total. The van der Waals surface area contributed by atoms with E-state index in [2.05, 4.69) is 0 Å². The van der Waals surface area contributed by atoms with Crippen LogP contribution in [0.5, 0.6) is 11.5 Å². The van der Waals surface area contributed by atoms with Crippen LogP contribution in [0.3, 0.4) is 0 Å². The molecule has 0 amide bonds. The van der Waals surface area contributed by atoms with E-state index in [1.54, 1.807) is 12.1 Å². The van der Waals surface area contributed by atoms with Crippen molar-refractivity contribution in [2.24, 2.45) is 0 Å². The molecule has 1 aromatic carbocycles. The van der Waals surface area contributed by atoms with E-state index in [-0.39, 0.29) is 45.5 Å². The van der Waals surface area contributed by atoms with Gasteiger partial charge in [-0.3, -0.25) is 0 Å². The molecule has 0 aliphatic carbocycles. The fraction of sp³-hybridized carbons (Fsp3) is 0.111. The number of hydrogen-bond acceptors (Lipinski definition) is 3. The zero-order chi connectivity index (χ0) is 8.55. The predicted octanol–water partition coefficient (Wildman–Crippen LogP) is 2.75. The number of phenols is 2. The second-order valence-electron chi connectivity index (χ2n) is 2.62. The minimum Gasteiger partial charge on any atom is -0.504 e. The average Bonchev–Trinajstić information content (AvgIpc) is 2.12. The third kappa shape index (κ3) is 2.22. The zero-order valence-electron chi connectivity index (χ0n) is 7.14. The van der Waals surface area contributed by atoms with Gasteiger partial charge in [-0.25, -0.2) is 0 Å². The lowest BCUT2D eigenvalue weighted by Crippen LogP contribution is -1.96. The van der Waals surface area contributed by atoms with Gasteiger partial charge >= 0.3 is 0 Å². The SMILES string of the molecule is Br.Br.Oc1ccc2c(c1O)C=COC2. The van der Waals surface area contributed by atoms with Gasteiger partial charge in [-0.05, 0) is 12.1 Å². The van der Waals surface area contributed by atoms with Crippen LogP contribution in [0.25, 0.3) is 6.08 Å². The van der Waals surface area contributed by atoms with Crippen LogP contribution in [0.4, 0.5) is 0 Å². The summed E-state index contributed by atoms with van der Waals surface area (Å²) in [5.74, 6) is -0.174. The molecule has 2 N–H and O–H groups in total. The first-order valence-electron chi connectivity index (χ1n) is 3.61. The average molecular weight is 326 g/mol. The zero-order valence-corrected chi connectivity index (χ0v) is 10.6. The summed E-state index contributed by atoms with van der Waals surface area (Å²) in [4.78, 5) is 0. The van der Waals surface area contributed by atoms with Gasteiger partial charge in [0.1, 0.15) is 6.61 Å². The van der Waals surface area contributed by atoms with Crippen LogP contribution in [0.15, 0.2) is 18.4 Å². The number of halogens is 2. The third-order valence-electron chi connectivity index (χ3n) is 1.86. The van der Waals surface area contributed by atoms with Crippen molar-refractivity contribution in [3.8, 4) is 11.5 Å². The molecule has 1 heterocycles. The Labute approximate surface area is 103 Å². The van der Waals surface area contributed by atoms with Crippen molar-refractivity contribution in [3.05, 3.63) is 29.5 Å². The molecule has 0 radical (unpaired) electrons. The Balaban J connectivity index is 0.000000845. The maximum Gasteiger partial charge on any atom is 0.165 e. The standard InChI is InChI=1S/C9H8O3.2BrH/c10-8-2-1-6-5-12-4-3-7(6)9(8)11;;/h1-4,10-11H,5H2;2*1H. The molecule has 1 aliphatic rings. The van der Waals surface area contributed by atoms with Gasteiger partial charge in [0.25, 0.3) is 0 Å². The van der Waals surface area contributed by atoms with E-state index >= 15 is 0 Å². The number of fused-ring (bicyclic) bond motifs is 1. The largest absolute Gasteiger partial charge is 0.504 e. The Kier molecular flexibility index (Phi) is 5.01. The van der Waals surface area contributed by atoms with Crippen LogP contribution in [0, 0.1) is 0 Å². The second-order valence-corrected chi connectivity index (χ2v) is 2.62. The summed E-state index contributed by atoms with van der Waals surface area (Å²) >= 11 is 0. The molecular weight excluding hydrogens is 316 g/mol. The topological polar surface area (TPSA) is 49.7 Å². The van der Waals surface area contributed by atoms with E-state index in [9.17, 15) is 5.11 Å². The monoisotopic (exact) mass is 324 g/mol. The number of aromatic hydroxyl groups is 2. The van der Waals surface area contributed by atoms with E-state index in [1.165, 1.54) is 12.3 Å². The smallest absolute Gasteiger partial charge is 0.165 e. The molecule has 0 unspecified atom stereocenters. The molecule has 1 aromatic rings. The van der Waals surface area contributed by atoms with E-state index < -0.39 is 0 Å². The molecule has 5 heteroatoms. The van der Waals surface area contributed by atoms with Gasteiger partial charge in [-0.1, -0.05) is 6.07 Å². The Morgan fingerprint density at radius 3 is 2.57 bits per heavy atom. The molecule has 0 spiro atoms. The summed E-state index contributed by atoms with van der Waals surface area (Å²) < 4.78 is 5.02. The lowest BCUT2D eigenvalue weighted by molar-refractivity contribution is 0.233. The minimum atomic E-state index is -0.0969. The van der Waals surface area contributed by atoms with Gasteiger partial charge in [-0.2, -0.15) is 0 Å². The van der Waals surface area contributed by atoms with Crippen molar-refractivity contribution in [2.75, 3.05) is 0 Å². The highest BCUT2D eigenvalue weighted by molar-refractivity contribution is 8.93. The van der Waals surface area contributed by atoms with E-state index in [0.29, 0.717) is 12.2 Å². The first kappa shape index (κ1) is 13.3. The molecule has 0 bridgehead atoms. The molecule has 1 aliphatic heterocycles. The second kappa shape index (κ2) is 5.26. The molecule has 2 rings (SSSR count). The van der Waals surface area contributed by atoms with E-state index in [1.807, 2.05) is 0 Å². The summed E-state index contributed by atoms with van der Waals surface area (Å²) in [6, 6.07) is 3.19. The van der Waals surface area contributed by atoms with Crippen LogP contribution in [0.2, 0.25) is 0 Å². The van der Waals surface area contributed by atoms with Crippen LogP contribution in [0.1, 0.15) is 11.1 Å².